The van der Waals surface area contributed by atoms with Gasteiger partial charge < -0.3 is 10.2 Å². The summed E-state index contributed by atoms with van der Waals surface area (Å²) in [6.07, 6.45) is 0.902. The number of nitrogens with one attached hydrogen (secondary N) is 1. The molecule has 2 aromatic carbocycles. The molecule has 27 heavy (non-hydrogen) atoms. The Bertz CT molecular complexity index is 755. The minimum absolute atomic E-state index is 0.0474. The lowest BCUT2D eigenvalue weighted by molar-refractivity contribution is -0.140. The monoisotopic (exact) mass is 404 g/mol. The quantitative estimate of drug-likeness (QED) is 0.631. The normalized spacial score (nSPS) is 11.7. The highest BCUT2D eigenvalue weighted by Gasteiger charge is 2.28. The molecule has 0 bridgehead atoms. The van der Waals surface area contributed by atoms with Crippen LogP contribution in [-0.2, 0) is 16.1 Å². The molecule has 0 aliphatic carbocycles. The summed E-state index contributed by atoms with van der Waals surface area (Å²) in [5.41, 5.74) is 0.839. The van der Waals surface area contributed by atoms with Gasteiger partial charge in [-0.15, -0.1) is 11.8 Å². The summed E-state index contributed by atoms with van der Waals surface area (Å²) in [6.45, 7) is 2.23. The first-order chi connectivity index (χ1) is 13.1. The van der Waals surface area contributed by atoms with Crippen LogP contribution in [0.5, 0.6) is 0 Å². The maximum Gasteiger partial charge on any atom is 0.242 e. The Morgan fingerprint density at radius 3 is 2.41 bits per heavy atom. The Labute approximate surface area is 170 Å². The van der Waals surface area contributed by atoms with E-state index in [-0.39, 0.29) is 11.8 Å². The van der Waals surface area contributed by atoms with Crippen LogP contribution in [-0.4, -0.2) is 35.6 Å². The number of carbonyl (C=O) groups is 2. The van der Waals surface area contributed by atoms with Gasteiger partial charge in [-0.25, -0.2) is 0 Å². The topological polar surface area (TPSA) is 49.4 Å². The van der Waals surface area contributed by atoms with Gasteiger partial charge in [0.1, 0.15) is 6.04 Å². The van der Waals surface area contributed by atoms with Crippen molar-refractivity contribution in [2.45, 2.75) is 37.2 Å². The van der Waals surface area contributed by atoms with Crippen molar-refractivity contribution in [3.05, 3.63) is 65.2 Å². The summed E-state index contributed by atoms with van der Waals surface area (Å²) in [5, 5.41) is 3.26. The van der Waals surface area contributed by atoms with Gasteiger partial charge in [-0.1, -0.05) is 54.9 Å². The van der Waals surface area contributed by atoms with Crippen LogP contribution in [0.3, 0.4) is 0 Å². The van der Waals surface area contributed by atoms with Crippen LogP contribution in [0.4, 0.5) is 0 Å². The minimum atomic E-state index is -0.513. The molecule has 0 unspecified atom stereocenters. The van der Waals surface area contributed by atoms with E-state index < -0.39 is 6.04 Å². The molecule has 144 valence electrons. The summed E-state index contributed by atoms with van der Waals surface area (Å²) < 4.78 is 0. The number of carbonyl (C=O) groups excluding carboxylic acids is 2. The maximum absolute atomic E-state index is 13.0. The molecule has 0 heterocycles. The zero-order valence-corrected chi connectivity index (χ0v) is 17.2. The second-order valence-electron chi connectivity index (χ2n) is 6.06. The van der Waals surface area contributed by atoms with Crippen molar-refractivity contribution >= 4 is 35.2 Å². The Hall–Kier alpha value is -1.98. The van der Waals surface area contributed by atoms with E-state index >= 15 is 0 Å². The third kappa shape index (κ3) is 6.29. The number of likely N-dealkylation sites (N-methyl/N-ethyl adjacent to an activating group) is 1. The molecule has 6 heteroatoms. The van der Waals surface area contributed by atoms with E-state index in [1.165, 1.54) is 0 Å². The van der Waals surface area contributed by atoms with E-state index in [1.807, 2.05) is 55.5 Å². The molecule has 0 radical (unpaired) electrons. The second-order valence-corrected chi connectivity index (χ2v) is 7.64. The van der Waals surface area contributed by atoms with Crippen LogP contribution >= 0.6 is 23.4 Å². The maximum atomic E-state index is 13.0. The van der Waals surface area contributed by atoms with Gasteiger partial charge in [0.05, 0.1) is 0 Å². The standard InChI is InChI=1S/C21H25ClN2O2S/c1-3-19(21(26)23-2)24(15-16-9-7-8-12-18(16)22)20(25)13-14-27-17-10-5-4-6-11-17/h4-12,19H,3,13-15H2,1-2H3,(H,23,26)/t19-/m1/s1. The first-order valence-corrected chi connectivity index (χ1v) is 10.4. The molecule has 0 fully saturated rings. The van der Waals surface area contributed by atoms with Gasteiger partial charge in [-0.2, -0.15) is 0 Å². The Morgan fingerprint density at radius 2 is 1.78 bits per heavy atom. The van der Waals surface area contributed by atoms with E-state index in [4.69, 9.17) is 11.6 Å². The van der Waals surface area contributed by atoms with Crippen molar-refractivity contribution in [3.63, 3.8) is 0 Å². The van der Waals surface area contributed by atoms with Crippen LogP contribution in [0.25, 0.3) is 0 Å². The van der Waals surface area contributed by atoms with E-state index in [9.17, 15) is 9.59 Å². The van der Waals surface area contributed by atoms with Gasteiger partial charge >= 0.3 is 0 Å². The summed E-state index contributed by atoms with van der Waals surface area (Å²) in [4.78, 5) is 28.0. The highest BCUT2D eigenvalue weighted by Crippen LogP contribution is 2.22. The summed E-state index contributed by atoms with van der Waals surface area (Å²) >= 11 is 7.91. The fourth-order valence-electron chi connectivity index (χ4n) is 2.81. The first-order valence-electron chi connectivity index (χ1n) is 8.99. The molecule has 0 aromatic heterocycles. The highest BCUT2D eigenvalue weighted by atomic mass is 35.5. The average molecular weight is 405 g/mol. The number of benzene rings is 2. The molecule has 2 amide bonds. The first kappa shape index (κ1) is 21.3. The molecule has 0 aliphatic rings. The van der Waals surface area contributed by atoms with Crippen LogP contribution in [0.15, 0.2) is 59.5 Å². The van der Waals surface area contributed by atoms with Gasteiger partial charge in [0, 0.05) is 35.7 Å². The van der Waals surface area contributed by atoms with Gasteiger partial charge in [0.25, 0.3) is 0 Å². The molecular weight excluding hydrogens is 380 g/mol. The molecular formula is C21H25ClN2O2S. The van der Waals surface area contributed by atoms with Gasteiger partial charge in [0.15, 0.2) is 0 Å². The minimum Gasteiger partial charge on any atom is -0.357 e. The fraction of sp³-hybridized carbons (Fsp3) is 0.333. The van der Waals surface area contributed by atoms with E-state index in [1.54, 1.807) is 29.8 Å². The average Bonchev–Trinajstić information content (AvgIpc) is 2.69. The Morgan fingerprint density at radius 1 is 1.11 bits per heavy atom. The molecule has 0 aliphatic heterocycles. The van der Waals surface area contributed by atoms with Crippen molar-refractivity contribution < 1.29 is 9.59 Å². The van der Waals surface area contributed by atoms with Gasteiger partial charge in [0.2, 0.25) is 11.8 Å². The molecule has 2 rings (SSSR count). The number of hydrogen-bond donors (Lipinski definition) is 1. The Balaban J connectivity index is 2.11. The van der Waals surface area contributed by atoms with Crippen LogP contribution in [0.1, 0.15) is 25.3 Å². The molecule has 0 saturated heterocycles. The van der Waals surface area contributed by atoms with Crippen molar-refractivity contribution in [2.75, 3.05) is 12.8 Å². The van der Waals surface area contributed by atoms with Crippen molar-refractivity contribution in [3.8, 4) is 0 Å². The predicted octanol–water partition coefficient (Wildman–Crippen LogP) is 4.38. The number of thioether (sulfide) groups is 1. The largest absolute Gasteiger partial charge is 0.357 e. The SMILES string of the molecule is CC[C@H](C(=O)NC)N(Cc1ccccc1Cl)C(=O)CCSc1ccccc1. The number of halogens is 1. The van der Waals surface area contributed by atoms with Gasteiger partial charge in [-0.3, -0.25) is 9.59 Å². The predicted molar refractivity (Wildman–Crippen MR) is 112 cm³/mol. The lowest BCUT2D eigenvalue weighted by Crippen LogP contribution is -2.48. The molecule has 1 N–H and O–H groups in total. The molecule has 2 aromatic rings. The fourth-order valence-corrected chi connectivity index (χ4v) is 3.87. The van der Waals surface area contributed by atoms with Crippen molar-refractivity contribution in [1.82, 2.24) is 10.2 Å². The van der Waals surface area contributed by atoms with Crippen LogP contribution in [0.2, 0.25) is 5.02 Å². The number of amides is 2. The van der Waals surface area contributed by atoms with E-state index in [2.05, 4.69) is 5.32 Å². The smallest absolute Gasteiger partial charge is 0.242 e. The van der Waals surface area contributed by atoms with E-state index in [0.29, 0.717) is 30.2 Å². The van der Waals surface area contributed by atoms with Crippen molar-refractivity contribution in [2.24, 2.45) is 0 Å². The van der Waals surface area contributed by atoms with Gasteiger partial charge in [-0.05, 0) is 30.2 Å². The summed E-state index contributed by atoms with van der Waals surface area (Å²) in [6, 6.07) is 16.9. The zero-order valence-electron chi connectivity index (χ0n) is 15.7. The number of rotatable bonds is 9. The third-order valence-electron chi connectivity index (χ3n) is 4.26. The second kappa shape index (κ2) is 11.0. The molecule has 4 nitrogen and oxygen atoms in total. The zero-order chi connectivity index (χ0) is 19.6. The van der Waals surface area contributed by atoms with Crippen LogP contribution < -0.4 is 5.32 Å². The third-order valence-corrected chi connectivity index (χ3v) is 5.64. The number of nitrogens with zero attached hydrogens (tertiary/aromatic N) is 1. The van der Waals surface area contributed by atoms with E-state index in [0.717, 1.165) is 10.5 Å². The van der Waals surface area contributed by atoms with Crippen molar-refractivity contribution in [1.29, 1.82) is 0 Å². The lowest BCUT2D eigenvalue weighted by Gasteiger charge is -2.30. The molecule has 1 atom stereocenters. The number of hydrogen-bond acceptors (Lipinski definition) is 3. The van der Waals surface area contributed by atoms with Crippen LogP contribution in [0, 0.1) is 0 Å². The Kier molecular flexibility index (Phi) is 8.69. The summed E-state index contributed by atoms with van der Waals surface area (Å²) in [7, 11) is 1.59. The highest BCUT2D eigenvalue weighted by molar-refractivity contribution is 7.99. The molecule has 0 spiro atoms. The lowest BCUT2D eigenvalue weighted by atomic mass is 10.1. The molecule has 0 saturated carbocycles. The summed E-state index contributed by atoms with van der Waals surface area (Å²) in [5.74, 6) is 0.453.